The Kier molecular flexibility index (Phi) is 5.25. The maximum absolute atomic E-state index is 9.07. The molecule has 0 radical (unpaired) electrons. The summed E-state index contributed by atoms with van der Waals surface area (Å²) in [7, 11) is 0. The van der Waals surface area contributed by atoms with E-state index < -0.39 is 11.5 Å². The van der Waals surface area contributed by atoms with Gasteiger partial charge in [-0.15, -0.1) is 0 Å². The molecule has 0 aliphatic rings. The predicted molar refractivity (Wildman–Crippen MR) is 33.3 cm³/mol. The molecule has 0 spiro atoms. The van der Waals surface area contributed by atoms with Gasteiger partial charge in [-0.1, -0.05) is 6.07 Å². The third-order valence-corrected chi connectivity index (χ3v) is 0.607. The second-order valence-electron chi connectivity index (χ2n) is 1.47. The van der Waals surface area contributed by atoms with Crippen molar-refractivity contribution in [3.05, 3.63) is 30.6 Å². The van der Waals surface area contributed by atoms with Crippen LogP contribution >= 0.6 is 14.1 Å². The normalized spacial score (nSPS) is 9.64. The molecule has 1 aromatic rings. The van der Waals surface area contributed by atoms with Crippen molar-refractivity contribution in [2.24, 2.45) is 0 Å². The Balaban J connectivity index is 0.000000187. The number of aromatic amines is 1. The van der Waals surface area contributed by atoms with Gasteiger partial charge >= 0.3 is 37.3 Å². The first kappa shape index (κ1) is 10.7. The smallest absolute Gasteiger partial charge is 0.166 e. The van der Waals surface area contributed by atoms with E-state index in [-0.39, 0.29) is 0 Å². The van der Waals surface area contributed by atoms with Gasteiger partial charge in [-0.25, -0.2) is 4.98 Å². The molecule has 0 saturated carbocycles. The molecule has 0 bridgehead atoms. The second kappa shape index (κ2) is 5.38. The summed E-state index contributed by atoms with van der Waals surface area (Å²) in [6, 6.07) is 5.86. The summed E-state index contributed by atoms with van der Waals surface area (Å²) < 4.78 is 27.2. The number of H-pyrrole nitrogens is 1. The SMILES string of the molecule is [O]=[Cr](=[O])([O-])[Br].c1cc[nH+]cc1. The number of pyridine rings is 1. The third kappa shape index (κ3) is 17.7. The van der Waals surface area contributed by atoms with Crippen LogP contribution in [0.15, 0.2) is 30.6 Å². The minimum atomic E-state index is -4.69. The van der Waals surface area contributed by atoms with Gasteiger partial charge in [0.2, 0.25) is 0 Å². The molecule has 4 nitrogen and oxygen atoms in total. The van der Waals surface area contributed by atoms with Gasteiger partial charge in [0.1, 0.15) is 0 Å². The van der Waals surface area contributed by atoms with E-state index in [1.54, 1.807) is 0 Å². The van der Waals surface area contributed by atoms with Gasteiger partial charge in [0.15, 0.2) is 12.4 Å². The molecule has 62 valence electrons. The quantitative estimate of drug-likeness (QED) is 0.654. The fourth-order valence-corrected chi connectivity index (χ4v) is 0.342. The minimum absolute atomic E-state index is 1.86. The van der Waals surface area contributed by atoms with Crippen LogP contribution in [-0.2, 0) is 19.1 Å². The van der Waals surface area contributed by atoms with E-state index in [4.69, 9.17) is 11.8 Å². The third-order valence-electron chi connectivity index (χ3n) is 0.607. The number of halogens is 1. The van der Waals surface area contributed by atoms with Gasteiger partial charge in [-0.05, 0) is 0 Å². The van der Waals surface area contributed by atoms with Crippen LogP contribution in [0.3, 0.4) is 0 Å². The van der Waals surface area contributed by atoms with Crippen molar-refractivity contribution in [3.8, 4) is 0 Å². The van der Waals surface area contributed by atoms with Crippen LogP contribution in [0.4, 0.5) is 0 Å². The molecule has 0 saturated heterocycles. The van der Waals surface area contributed by atoms with Gasteiger partial charge in [-0.3, -0.25) is 0 Å². The standard InChI is InChI=1S/C5H5N.BrH.Cr.3O/c1-2-4-6-5-3-1;;;;;/h1-5H;1H;;;;/q;;+1;;;-1. The molecular formula is C5H6BrCrNO3. The van der Waals surface area contributed by atoms with Crippen LogP contribution in [0.25, 0.3) is 0 Å². The van der Waals surface area contributed by atoms with Crippen LogP contribution in [0.5, 0.6) is 0 Å². The Hall–Kier alpha value is -0.278. The summed E-state index contributed by atoms with van der Waals surface area (Å²) in [5.74, 6) is 0. The van der Waals surface area contributed by atoms with Crippen LogP contribution in [0.2, 0.25) is 0 Å². The molecule has 0 aliphatic heterocycles. The first-order chi connectivity index (χ1) is 5.00. The van der Waals surface area contributed by atoms with Gasteiger partial charge in [-0.2, -0.15) is 0 Å². The summed E-state index contributed by atoms with van der Waals surface area (Å²) in [6.07, 6.45) is 3.75. The molecule has 0 fully saturated rings. The van der Waals surface area contributed by atoms with E-state index in [0.29, 0.717) is 0 Å². The topological polar surface area (TPSA) is 71.3 Å². The Bertz CT molecular complexity index is 238. The number of rotatable bonds is 0. The van der Waals surface area contributed by atoms with E-state index >= 15 is 0 Å². The molecule has 1 aromatic heterocycles. The van der Waals surface area contributed by atoms with E-state index in [2.05, 4.69) is 4.98 Å². The maximum atomic E-state index is 9.07. The van der Waals surface area contributed by atoms with E-state index in [1.807, 2.05) is 44.6 Å². The van der Waals surface area contributed by atoms with Crippen molar-refractivity contribution >= 4 is 14.1 Å². The number of nitrogens with one attached hydrogen (secondary N) is 1. The fourth-order valence-electron chi connectivity index (χ4n) is 0.342. The van der Waals surface area contributed by atoms with Crippen molar-refractivity contribution in [1.82, 2.24) is 0 Å². The molecule has 0 atom stereocenters. The molecule has 1 heterocycles. The zero-order chi connectivity index (χ0) is 8.74. The number of hydrogen-bond donors (Lipinski definition) is 0. The zero-order valence-corrected chi connectivity index (χ0v) is 8.26. The van der Waals surface area contributed by atoms with Crippen molar-refractivity contribution in [2.45, 2.75) is 0 Å². The summed E-state index contributed by atoms with van der Waals surface area (Å²) in [4.78, 5) is 2.89. The number of hydrogen-bond acceptors (Lipinski definition) is 3. The van der Waals surface area contributed by atoms with Crippen LogP contribution in [0, 0.1) is 0 Å². The summed E-state index contributed by atoms with van der Waals surface area (Å²) in [5.41, 5.74) is 0. The molecule has 0 aromatic carbocycles. The van der Waals surface area contributed by atoms with E-state index in [1.165, 1.54) is 0 Å². The van der Waals surface area contributed by atoms with Gasteiger partial charge in [0.05, 0.1) is 0 Å². The molecule has 1 rings (SSSR count). The molecule has 1 N–H and O–H groups in total. The van der Waals surface area contributed by atoms with Gasteiger partial charge in [0.25, 0.3) is 0 Å². The minimum Gasteiger partial charge on any atom is -0.218 e. The van der Waals surface area contributed by atoms with Crippen molar-refractivity contribution in [3.63, 3.8) is 0 Å². The monoisotopic (exact) mass is 259 g/mol. The Morgan fingerprint density at radius 2 is 1.55 bits per heavy atom. The molecular weight excluding hydrogens is 254 g/mol. The second-order valence-corrected chi connectivity index (χ2v) is 5.97. The summed E-state index contributed by atoms with van der Waals surface area (Å²) in [5, 5.41) is 0. The van der Waals surface area contributed by atoms with Crippen molar-refractivity contribution in [2.75, 3.05) is 0 Å². The first-order valence-electron chi connectivity index (χ1n) is 2.56. The molecule has 0 aliphatic carbocycles. The van der Waals surface area contributed by atoms with Crippen LogP contribution in [-0.4, -0.2) is 0 Å². The summed E-state index contributed by atoms with van der Waals surface area (Å²) >= 11 is -2.82. The van der Waals surface area contributed by atoms with Gasteiger partial charge < -0.3 is 0 Å². The largest absolute Gasteiger partial charge is 0.218 e. The molecule has 11 heavy (non-hydrogen) atoms. The Labute approximate surface area is 73.0 Å². The Morgan fingerprint density at radius 1 is 1.18 bits per heavy atom. The summed E-state index contributed by atoms with van der Waals surface area (Å²) in [6.45, 7) is 0. The maximum Gasteiger partial charge on any atom is 0.166 e. The Morgan fingerprint density at radius 3 is 1.64 bits per heavy atom. The average molecular weight is 260 g/mol. The zero-order valence-electron chi connectivity index (χ0n) is 5.40. The van der Waals surface area contributed by atoms with Gasteiger partial charge in [0, 0.05) is 12.1 Å². The first-order valence-corrected chi connectivity index (χ1v) is 7.28. The molecule has 0 amide bonds. The van der Waals surface area contributed by atoms with Crippen LogP contribution < -0.4 is 9.14 Å². The average Bonchev–Trinajstić information content (AvgIpc) is 1.88. The van der Waals surface area contributed by atoms with Crippen molar-refractivity contribution in [1.29, 1.82) is 0 Å². The number of aromatic nitrogens is 1. The van der Waals surface area contributed by atoms with Crippen LogP contribution in [0.1, 0.15) is 0 Å². The fraction of sp³-hybridized carbons (Fsp3) is 0. The van der Waals surface area contributed by atoms with E-state index in [0.717, 1.165) is 0 Å². The van der Waals surface area contributed by atoms with E-state index in [9.17, 15) is 0 Å². The molecule has 0 unspecified atom stereocenters. The van der Waals surface area contributed by atoms with Crippen molar-refractivity contribution < 1.29 is 28.2 Å². The molecule has 6 heteroatoms. The predicted octanol–water partition coefficient (Wildman–Crippen LogP) is -0.0828.